The first kappa shape index (κ1) is 18.8. The average molecular weight is 392 g/mol. The third-order valence-electron chi connectivity index (χ3n) is 4.61. The second kappa shape index (κ2) is 6.98. The highest BCUT2D eigenvalue weighted by Gasteiger charge is 2.41. The van der Waals surface area contributed by atoms with Crippen LogP contribution in [-0.2, 0) is 9.84 Å². The molecule has 0 bridgehead atoms. The van der Waals surface area contributed by atoms with E-state index >= 15 is 0 Å². The van der Waals surface area contributed by atoms with Crippen LogP contribution < -0.4 is 10.1 Å². The van der Waals surface area contributed by atoms with Crippen LogP contribution in [0.1, 0.15) is 12.8 Å². The molecule has 3 rings (SSSR count). The predicted molar refractivity (Wildman–Crippen MR) is 86.7 cm³/mol. The molecule has 1 aromatic carbocycles. The van der Waals surface area contributed by atoms with Crippen LogP contribution in [0.15, 0.2) is 29.2 Å². The maximum Gasteiger partial charge on any atom is 0.391 e. The molecule has 26 heavy (non-hydrogen) atoms. The van der Waals surface area contributed by atoms with Gasteiger partial charge in [0.1, 0.15) is 16.7 Å². The van der Waals surface area contributed by atoms with E-state index in [1.165, 1.54) is 11.0 Å². The Bertz CT molecular complexity index is 774. The van der Waals surface area contributed by atoms with Crippen molar-refractivity contribution in [1.82, 2.24) is 10.2 Å². The number of hydrogen-bond donors (Lipinski definition) is 1. The summed E-state index contributed by atoms with van der Waals surface area (Å²) < 4.78 is 68.1. The quantitative estimate of drug-likeness (QED) is 0.837. The minimum atomic E-state index is -4.24. The molecule has 0 radical (unpaired) electrons. The molecule has 2 heterocycles. The molecule has 2 aliphatic rings. The number of sulfone groups is 1. The topological polar surface area (TPSA) is 75.7 Å². The number of hydrogen-bond acceptors (Lipinski definition) is 4. The molecule has 6 nitrogen and oxygen atoms in total. The van der Waals surface area contributed by atoms with Gasteiger partial charge in [-0.3, -0.25) is 0 Å². The first-order chi connectivity index (χ1) is 12.2. The zero-order valence-corrected chi connectivity index (χ0v) is 14.6. The van der Waals surface area contributed by atoms with Gasteiger partial charge in [-0.2, -0.15) is 13.2 Å². The zero-order chi connectivity index (χ0) is 18.9. The fourth-order valence-electron chi connectivity index (χ4n) is 3.18. The molecule has 10 heteroatoms. The van der Waals surface area contributed by atoms with E-state index in [1.54, 1.807) is 18.2 Å². The number of nitrogens with zero attached hydrogens (tertiary/aromatic N) is 1. The van der Waals surface area contributed by atoms with E-state index in [-0.39, 0.29) is 48.9 Å². The van der Waals surface area contributed by atoms with Crippen molar-refractivity contribution in [3.8, 4) is 5.75 Å². The lowest BCUT2D eigenvalue weighted by atomic mass is 9.96. The summed E-state index contributed by atoms with van der Waals surface area (Å²) in [4.78, 5) is 13.6. The maximum atomic E-state index is 12.7. The van der Waals surface area contributed by atoms with Gasteiger partial charge in [0.05, 0.1) is 18.2 Å². The Morgan fingerprint density at radius 1 is 1.23 bits per heavy atom. The molecular weight excluding hydrogens is 373 g/mol. The van der Waals surface area contributed by atoms with E-state index in [9.17, 15) is 26.4 Å². The Morgan fingerprint density at radius 2 is 1.88 bits per heavy atom. The number of piperidine rings is 1. The van der Waals surface area contributed by atoms with Crippen LogP contribution in [0.5, 0.6) is 5.75 Å². The van der Waals surface area contributed by atoms with Crippen LogP contribution in [0.2, 0.25) is 0 Å². The van der Waals surface area contributed by atoms with E-state index < -0.39 is 34.1 Å². The van der Waals surface area contributed by atoms with Gasteiger partial charge in [0, 0.05) is 13.1 Å². The fraction of sp³-hybridized carbons (Fsp3) is 0.562. The van der Waals surface area contributed by atoms with Gasteiger partial charge in [-0.15, -0.1) is 0 Å². The van der Waals surface area contributed by atoms with Gasteiger partial charge < -0.3 is 15.0 Å². The van der Waals surface area contributed by atoms with Crippen molar-refractivity contribution < 1.29 is 31.1 Å². The number of nitrogens with one attached hydrogen (secondary N) is 1. The summed E-state index contributed by atoms with van der Waals surface area (Å²) in [6.45, 7) is -0.00305. The molecule has 2 amide bonds. The van der Waals surface area contributed by atoms with E-state index in [0.29, 0.717) is 0 Å². The highest BCUT2D eigenvalue weighted by atomic mass is 32.2. The average Bonchev–Trinajstić information content (AvgIpc) is 2.58. The third-order valence-corrected chi connectivity index (χ3v) is 6.43. The van der Waals surface area contributed by atoms with E-state index in [0.717, 1.165) is 0 Å². The van der Waals surface area contributed by atoms with Crippen molar-refractivity contribution >= 4 is 15.9 Å². The Labute approximate surface area is 149 Å². The third kappa shape index (κ3) is 4.05. The smallest absolute Gasteiger partial charge is 0.391 e. The van der Waals surface area contributed by atoms with Crippen LogP contribution in [0, 0.1) is 5.92 Å². The summed E-state index contributed by atoms with van der Waals surface area (Å²) in [6, 6.07) is 5.75. The number of benzene rings is 1. The minimum Gasteiger partial charge on any atom is -0.486 e. The van der Waals surface area contributed by atoms with Gasteiger partial charge in [-0.05, 0) is 25.0 Å². The zero-order valence-electron chi connectivity index (χ0n) is 13.8. The Hall–Kier alpha value is -1.97. The number of urea groups is 1. The molecule has 2 aliphatic heterocycles. The van der Waals surface area contributed by atoms with Crippen molar-refractivity contribution in [2.45, 2.75) is 30.0 Å². The van der Waals surface area contributed by atoms with Crippen LogP contribution in [0.4, 0.5) is 18.0 Å². The molecule has 1 unspecified atom stereocenters. The summed E-state index contributed by atoms with van der Waals surface area (Å²) in [6.07, 6.45) is -5.23. The van der Waals surface area contributed by atoms with Crippen LogP contribution in [0.25, 0.3) is 0 Å². The van der Waals surface area contributed by atoms with E-state index in [2.05, 4.69) is 5.32 Å². The maximum absolute atomic E-state index is 12.7. The molecule has 144 valence electrons. The number of rotatable bonds is 2. The number of halogens is 3. The summed E-state index contributed by atoms with van der Waals surface area (Å²) in [5, 5.41) is 2.56. The molecule has 0 aromatic heterocycles. The summed E-state index contributed by atoms with van der Waals surface area (Å²) in [5.74, 6) is -1.40. The second-order valence-corrected chi connectivity index (χ2v) is 8.46. The standard InChI is InChI=1S/C16H19F3N2O4S/c17-16(18,19)11-5-7-21(8-6-11)15(22)20-9-12-10-26(23,24)14-4-2-1-3-13(14)25-12/h1-4,11-12H,5-10H2,(H,20,22). The molecule has 0 aliphatic carbocycles. The van der Waals surface area contributed by atoms with Gasteiger partial charge >= 0.3 is 12.2 Å². The Morgan fingerprint density at radius 3 is 2.54 bits per heavy atom. The molecule has 1 fully saturated rings. The molecule has 0 spiro atoms. The number of ether oxygens (including phenoxy) is 1. The van der Waals surface area contributed by atoms with Crippen LogP contribution >= 0.6 is 0 Å². The van der Waals surface area contributed by atoms with Crippen molar-refractivity contribution in [3.63, 3.8) is 0 Å². The predicted octanol–water partition coefficient (Wildman–Crippen LogP) is 2.21. The number of likely N-dealkylation sites (tertiary alicyclic amines) is 1. The fourth-order valence-corrected chi connectivity index (χ4v) is 4.74. The normalized spacial score (nSPS) is 23.0. The van der Waals surface area contributed by atoms with Crippen molar-refractivity contribution in [1.29, 1.82) is 0 Å². The monoisotopic (exact) mass is 392 g/mol. The molecule has 1 saturated heterocycles. The number of carbonyl (C=O) groups excluding carboxylic acids is 1. The molecule has 1 atom stereocenters. The van der Waals surface area contributed by atoms with Gasteiger partial charge in [0.2, 0.25) is 0 Å². The first-order valence-corrected chi connectivity index (χ1v) is 9.90. The Kier molecular flexibility index (Phi) is 5.05. The summed E-state index contributed by atoms with van der Waals surface area (Å²) >= 11 is 0. The lowest BCUT2D eigenvalue weighted by Crippen LogP contribution is -2.49. The number of para-hydroxylation sites is 1. The second-order valence-electron chi connectivity index (χ2n) is 6.46. The van der Waals surface area contributed by atoms with Gasteiger partial charge in [0.15, 0.2) is 9.84 Å². The van der Waals surface area contributed by atoms with Crippen molar-refractivity contribution in [2.24, 2.45) is 5.92 Å². The van der Waals surface area contributed by atoms with E-state index in [1.807, 2.05) is 0 Å². The Balaban J connectivity index is 1.53. The van der Waals surface area contributed by atoms with Gasteiger partial charge in [-0.25, -0.2) is 13.2 Å². The number of fused-ring (bicyclic) bond motifs is 1. The van der Waals surface area contributed by atoms with Crippen LogP contribution in [-0.4, -0.2) is 57.0 Å². The molecule has 0 saturated carbocycles. The molecular formula is C16H19F3N2O4S. The largest absolute Gasteiger partial charge is 0.486 e. The number of amides is 2. The minimum absolute atomic E-state index is 0.0165. The SMILES string of the molecule is O=C(NCC1CS(=O)(=O)c2ccccc2O1)N1CCC(C(F)(F)F)CC1. The summed E-state index contributed by atoms with van der Waals surface area (Å²) in [7, 11) is -3.50. The van der Waals surface area contributed by atoms with Crippen LogP contribution in [0.3, 0.4) is 0 Å². The lowest BCUT2D eigenvalue weighted by Gasteiger charge is -2.33. The highest BCUT2D eigenvalue weighted by molar-refractivity contribution is 7.91. The van der Waals surface area contributed by atoms with E-state index in [4.69, 9.17) is 4.74 Å². The number of alkyl halides is 3. The lowest BCUT2D eigenvalue weighted by molar-refractivity contribution is -0.183. The highest BCUT2D eigenvalue weighted by Crippen LogP contribution is 2.34. The van der Waals surface area contributed by atoms with Crippen molar-refractivity contribution in [3.05, 3.63) is 24.3 Å². The van der Waals surface area contributed by atoms with Crippen molar-refractivity contribution in [2.75, 3.05) is 25.4 Å². The molecule has 1 aromatic rings. The number of carbonyl (C=O) groups is 1. The first-order valence-electron chi connectivity index (χ1n) is 8.25. The molecule has 1 N–H and O–H groups in total. The van der Waals surface area contributed by atoms with Gasteiger partial charge in [0.25, 0.3) is 0 Å². The summed E-state index contributed by atoms with van der Waals surface area (Å²) in [5.41, 5.74) is 0. The van der Waals surface area contributed by atoms with Gasteiger partial charge in [-0.1, -0.05) is 12.1 Å².